The van der Waals surface area contributed by atoms with Gasteiger partial charge in [-0.05, 0) is 61.6 Å². The van der Waals surface area contributed by atoms with Crippen molar-refractivity contribution in [1.29, 1.82) is 0 Å². The number of nitrogens with one attached hydrogen (secondary N) is 1. The number of rotatable bonds is 5. The van der Waals surface area contributed by atoms with Crippen molar-refractivity contribution in [3.8, 4) is 10.4 Å². The summed E-state index contributed by atoms with van der Waals surface area (Å²) in [6.07, 6.45) is -2.90. The fourth-order valence-electron chi connectivity index (χ4n) is 4.73. The summed E-state index contributed by atoms with van der Waals surface area (Å²) < 4.78 is 39.0. The number of nitrogens with zero attached hydrogens (tertiary/aromatic N) is 2. The zero-order chi connectivity index (χ0) is 24.9. The first kappa shape index (κ1) is 23.8. The third-order valence-corrected chi connectivity index (χ3v) is 7.67. The van der Waals surface area contributed by atoms with Crippen molar-refractivity contribution in [2.24, 2.45) is 5.92 Å². The molecule has 1 aromatic heterocycles. The number of carbonyl (C=O) groups is 2. The van der Waals surface area contributed by atoms with Crippen LogP contribution in [0.4, 0.5) is 13.2 Å². The summed E-state index contributed by atoms with van der Waals surface area (Å²) >= 11 is 7.58. The molecule has 2 amide bonds. The van der Waals surface area contributed by atoms with Gasteiger partial charge in [0.1, 0.15) is 5.69 Å². The molecule has 3 aromatic rings. The van der Waals surface area contributed by atoms with Crippen molar-refractivity contribution in [2.75, 3.05) is 6.54 Å². The molecule has 0 spiro atoms. The first-order valence-corrected chi connectivity index (χ1v) is 12.3. The number of likely N-dealkylation sites (tertiary alicyclic amines) is 1. The second-order valence-electron chi connectivity index (χ2n) is 8.87. The third-order valence-electron chi connectivity index (χ3n) is 6.42. The lowest BCUT2D eigenvalue weighted by molar-refractivity contribution is -0.137. The largest absolute Gasteiger partial charge is 0.416 e. The minimum absolute atomic E-state index is 0.0702. The van der Waals surface area contributed by atoms with Crippen LogP contribution in [0.3, 0.4) is 0 Å². The van der Waals surface area contributed by atoms with Crippen molar-refractivity contribution in [3.05, 3.63) is 75.4 Å². The summed E-state index contributed by atoms with van der Waals surface area (Å²) in [6.45, 7) is 2.00. The van der Waals surface area contributed by atoms with E-state index in [1.807, 2.05) is 19.1 Å². The van der Waals surface area contributed by atoms with Crippen LogP contribution in [0.15, 0.2) is 48.5 Å². The molecule has 1 N–H and O–H groups in total. The molecular weight excluding hydrogens is 499 g/mol. The molecule has 2 aromatic carbocycles. The molecule has 2 fully saturated rings. The average molecular weight is 520 g/mol. The molecule has 2 heterocycles. The number of piperidine rings is 1. The molecule has 5 nitrogen and oxygen atoms in total. The van der Waals surface area contributed by atoms with Gasteiger partial charge >= 0.3 is 6.18 Å². The highest BCUT2D eigenvalue weighted by Gasteiger charge is 2.54. The molecule has 10 heteroatoms. The molecule has 5 rings (SSSR count). The van der Waals surface area contributed by atoms with Crippen LogP contribution in [0.2, 0.25) is 5.02 Å². The number of hydrogen-bond donors (Lipinski definition) is 1. The van der Waals surface area contributed by atoms with Crippen molar-refractivity contribution in [1.82, 2.24) is 15.2 Å². The second-order valence-corrected chi connectivity index (χ2v) is 10.5. The number of benzene rings is 2. The number of halogens is 4. The summed E-state index contributed by atoms with van der Waals surface area (Å²) in [6, 6.07) is 11.4. The van der Waals surface area contributed by atoms with Gasteiger partial charge in [-0.25, -0.2) is 4.98 Å². The molecule has 2 aliphatic rings. The van der Waals surface area contributed by atoms with E-state index in [0.717, 1.165) is 40.4 Å². The highest BCUT2D eigenvalue weighted by Crippen LogP contribution is 2.49. The molecule has 1 aliphatic carbocycles. The molecule has 0 unspecified atom stereocenters. The van der Waals surface area contributed by atoms with E-state index in [2.05, 4.69) is 10.3 Å². The SMILES string of the molecule is Cc1nc(C(=O)N2[C@H](CNC(=O)c3cccc(C(F)(F)F)c3)C[C@@H]3C[C@@H]32)c(-c2cccc(Cl)c2)s1. The van der Waals surface area contributed by atoms with Crippen LogP contribution in [0.1, 0.15) is 44.3 Å². The van der Waals surface area contributed by atoms with Crippen molar-refractivity contribution >= 4 is 34.8 Å². The number of aryl methyl sites for hydroxylation is 1. The number of hydrogen-bond acceptors (Lipinski definition) is 4. The lowest BCUT2D eigenvalue weighted by Gasteiger charge is -2.27. The van der Waals surface area contributed by atoms with Gasteiger partial charge in [0.2, 0.25) is 0 Å². The Morgan fingerprint density at radius 3 is 2.69 bits per heavy atom. The van der Waals surface area contributed by atoms with E-state index in [1.165, 1.54) is 23.5 Å². The van der Waals surface area contributed by atoms with Crippen LogP contribution in [0.5, 0.6) is 0 Å². The summed E-state index contributed by atoms with van der Waals surface area (Å²) in [7, 11) is 0. The van der Waals surface area contributed by atoms with Gasteiger partial charge in [-0.3, -0.25) is 9.59 Å². The van der Waals surface area contributed by atoms with Gasteiger partial charge in [-0.1, -0.05) is 29.8 Å². The Balaban J connectivity index is 1.34. The van der Waals surface area contributed by atoms with Crippen LogP contribution in [-0.4, -0.2) is 40.3 Å². The Morgan fingerprint density at radius 2 is 1.94 bits per heavy atom. The molecule has 35 heavy (non-hydrogen) atoms. The number of carbonyl (C=O) groups excluding carboxylic acids is 2. The Morgan fingerprint density at radius 1 is 1.17 bits per heavy atom. The Bertz CT molecular complexity index is 1310. The molecule has 0 radical (unpaired) electrons. The highest BCUT2D eigenvalue weighted by molar-refractivity contribution is 7.15. The number of fused-ring (bicyclic) bond motifs is 1. The van der Waals surface area contributed by atoms with Crippen LogP contribution >= 0.6 is 22.9 Å². The molecule has 1 aliphatic heterocycles. The average Bonchev–Trinajstić information content (AvgIpc) is 3.30. The number of aromatic nitrogens is 1. The van der Waals surface area contributed by atoms with E-state index in [1.54, 1.807) is 17.0 Å². The first-order chi connectivity index (χ1) is 16.6. The van der Waals surface area contributed by atoms with Crippen molar-refractivity contribution < 1.29 is 22.8 Å². The van der Waals surface area contributed by atoms with Crippen molar-refractivity contribution in [3.63, 3.8) is 0 Å². The number of amides is 2. The summed E-state index contributed by atoms with van der Waals surface area (Å²) in [4.78, 5) is 33.3. The summed E-state index contributed by atoms with van der Waals surface area (Å²) in [5.41, 5.74) is 0.222. The van der Waals surface area contributed by atoms with E-state index >= 15 is 0 Å². The normalized spacial score (nSPS) is 21.1. The lowest BCUT2D eigenvalue weighted by atomic mass is 10.1. The van der Waals surface area contributed by atoms with E-state index in [9.17, 15) is 22.8 Å². The maximum atomic E-state index is 13.7. The van der Waals surface area contributed by atoms with Gasteiger partial charge in [0.05, 0.1) is 21.5 Å². The van der Waals surface area contributed by atoms with Crippen LogP contribution in [-0.2, 0) is 6.18 Å². The quantitative estimate of drug-likeness (QED) is 0.462. The summed E-state index contributed by atoms with van der Waals surface area (Å²) in [5.74, 6) is -0.440. The van der Waals surface area contributed by atoms with E-state index in [0.29, 0.717) is 16.6 Å². The number of thiazole rings is 1. The standard InChI is InChI=1S/C25H21ClF3N3O2S/c1-13-31-21(22(35-13)14-4-3-7-18(26)9-14)24(34)32-19(10-16-11-20(16)32)12-30-23(33)15-5-2-6-17(8-15)25(27,28)29/h2-9,16,19-20H,10-12H2,1H3,(H,30,33)/t16-,19+,20+/m1/s1. The van der Waals surface area contributed by atoms with Gasteiger partial charge in [0.25, 0.3) is 11.8 Å². The van der Waals surface area contributed by atoms with E-state index < -0.39 is 17.6 Å². The van der Waals surface area contributed by atoms with Crippen LogP contribution in [0, 0.1) is 12.8 Å². The molecule has 3 atom stereocenters. The van der Waals surface area contributed by atoms with Gasteiger partial charge in [-0.2, -0.15) is 13.2 Å². The molecule has 0 bridgehead atoms. The summed E-state index contributed by atoms with van der Waals surface area (Å²) in [5, 5.41) is 4.04. The fourth-order valence-corrected chi connectivity index (χ4v) is 5.82. The minimum Gasteiger partial charge on any atom is -0.350 e. The Hall–Kier alpha value is -2.91. The van der Waals surface area contributed by atoms with Gasteiger partial charge < -0.3 is 10.2 Å². The maximum Gasteiger partial charge on any atom is 0.416 e. The van der Waals surface area contributed by atoms with Crippen LogP contribution in [0.25, 0.3) is 10.4 Å². The number of alkyl halides is 3. The van der Waals surface area contributed by atoms with Gasteiger partial charge in [-0.15, -0.1) is 11.3 Å². The van der Waals surface area contributed by atoms with Crippen LogP contribution < -0.4 is 5.32 Å². The third kappa shape index (κ3) is 4.79. The topological polar surface area (TPSA) is 62.3 Å². The Kier molecular flexibility index (Phi) is 6.09. The molecule has 1 saturated carbocycles. The predicted molar refractivity (Wildman–Crippen MR) is 128 cm³/mol. The lowest BCUT2D eigenvalue weighted by Crippen LogP contribution is -2.45. The molecule has 182 valence electrons. The van der Waals surface area contributed by atoms with Gasteiger partial charge in [0.15, 0.2) is 0 Å². The Labute approximate surface area is 208 Å². The van der Waals surface area contributed by atoms with Crippen molar-refractivity contribution in [2.45, 2.75) is 38.0 Å². The van der Waals surface area contributed by atoms with E-state index in [4.69, 9.17) is 11.6 Å². The predicted octanol–water partition coefficient (Wildman–Crippen LogP) is 5.82. The second kappa shape index (κ2) is 8.95. The highest BCUT2D eigenvalue weighted by atomic mass is 35.5. The van der Waals surface area contributed by atoms with E-state index in [-0.39, 0.29) is 30.1 Å². The first-order valence-electron chi connectivity index (χ1n) is 11.1. The molecule has 1 saturated heterocycles. The van der Waals surface area contributed by atoms with Gasteiger partial charge in [0, 0.05) is 23.2 Å². The zero-order valence-corrected chi connectivity index (χ0v) is 20.2. The molecular formula is C25H21ClF3N3O2S. The minimum atomic E-state index is -4.53. The monoisotopic (exact) mass is 519 g/mol. The maximum absolute atomic E-state index is 13.7. The zero-order valence-electron chi connectivity index (χ0n) is 18.6. The fraction of sp³-hybridized carbons (Fsp3) is 0.320. The smallest absolute Gasteiger partial charge is 0.350 e.